The van der Waals surface area contributed by atoms with Gasteiger partial charge < -0.3 is 10.5 Å². The molecule has 1 aliphatic rings. The van der Waals surface area contributed by atoms with E-state index in [1.807, 2.05) is 0 Å². The first-order valence-electron chi connectivity index (χ1n) is 7.30. The highest BCUT2D eigenvalue weighted by atomic mass is 32.2. The predicted octanol–water partition coefficient (Wildman–Crippen LogP) is 1.19. The van der Waals surface area contributed by atoms with E-state index in [0.717, 1.165) is 19.3 Å². The summed E-state index contributed by atoms with van der Waals surface area (Å²) >= 11 is 0. The van der Waals surface area contributed by atoms with Crippen molar-refractivity contribution < 1.29 is 17.9 Å². The van der Waals surface area contributed by atoms with Gasteiger partial charge in [-0.25, -0.2) is 17.9 Å². The lowest BCUT2D eigenvalue weighted by atomic mass is 10.1. The second kappa shape index (κ2) is 6.76. The van der Waals surface area contributed by atoms with Gasteiger partial charge in [0.25, 0.3) is 0 Å². The molecule has 2 rings (SSSR count). The molecule has 0 spiro atoms. The molecule has 0 aromatic heterocycles. The second-order valence-electron chi connectivity index (χ2n) is 5.63. The smallest absolute Gasteiger partial charge is 0.337 e. The number of carbonyl (C=O) groups excluding carboxylic acids is 1. The second-order valence-corrected chi connectivity index (χ2v) is 7.31. The number of methoxy groups -OCH3 is 1. The van der Waals surface area contributed by atoms with Crippen LogP contribution < -0.4 is 10.5 Å². The molecule has 1 aliphatic carbocycles. The van der Waals surface area contributed by atoms with Crippen LogP contribution in [-0.4, -0.2) is 34.1 Å². The van der Waals surface area contributed by atoms with Crippen LogP contribution in [0.4, 0.5) is 0 Å². The number of hydrogen-bond donors (Lipinski definition) is 2. The normalized spacial score (nSPS) is 21.8. The third-order valence-corrected chi connectivity index (χ3v) is 5.80. The molecule has 0 aliphatic heterocycles. The Kier molecular flexibility index (Phi) is 5.20. The largest absolute Gasteiger partial charge is 0.465 e. The Morgan fingerprint density at radius 2 is 2.14 bits per heavy atom. The number of ether oxygens (including phenoxy) is 1. The fourth-order valence-corrected chi connectivity index (χ4v) is 4.48. The predicted molar refractivity (Wildman–Crippen MR) is 83.0 cm³/mol. The van der Waals surface area contributed by atoms with E-state index < -0.39 is 16.0 Å². The van der Waals surface area contributed by atoms with Crippen LogP contribution in [-0.2, 0) is 14.8 Å². The molecule has 0 bridgehead atoms. The number of aryl methyl sites for hydroxylation is 1. The lowest BCUT2D eigenvalue weighted by molar-refractivity contribution is 0.0600. The van der Waals surface area contributed by atoms with Crippen LogP contribution in [0.15, 0.2) is 23.1 Å². The SMILES string of the molecule is COC(=O)c1ccc(C)c(S(=O)(=O)NC2CCCC2CN)c1. The molecule has 2 atom stereocenters. The van der Waals surface area contributed by atoms with Crippen LogP contribution in [0.25, 0.3) is 0 Å². The van der Waals surface area contributed by atoms with E-state index in [-0.39, 0.29) is 22.4 Å². The highest BCUT2D eigenvalue weighted by Crippen LogP contribution is 2.27. The van der Waals surface area contributed by atoms with Gasteiger partial charge >= 0.3 is 5.97 Å². The molecule has 6 nitrogen and oxygen atoms in total. The Morgan fingerprint density at radius 1 is 1.41 bits per heavy atom. The minimum atomic E-state index is -3.69. The molecule has 0 saturated heterocycles. The van der Waals surface area contributed by atoms with Gasteiger partial charge in [0.05, 0.1) is 17.6 Å². The van der Waals surface area contributed by atoms with Crippen molar-refractivity contribution in [2.75, 3.05) is 13.7 Å². The van der Waals surface area contributed by atoms with Crippen molar-refractivity contribution in [1.29, 1.82) is 0 Å². The summed E-state index contributed by atoms with van der Waals surface area (Å²) in [6.07, 6.45) is 2.69. The zero-order valence-corrected chi connectivity index (χ0v) is 13.7. The Labute approximate surface area is 131 Å². The number of hydrogen-bond acceptors (Lipinski definition) is 5. The van der Waals surface area contributed by atoms with Gasteiger partial charge in [0.1, 0.15) is 0 Å². The Balaban J connectivity index is 2.30. The van der Waals surface area contributed by atoms with Crippen molar-refractivity contribution in [3.05, 3.63) is 29.3 Å². The van der Waals surface area contributed by atoms with E-state index in [4.69, 9.17) is 5.73 Å². The molecule has 2 unspecified atom stereocenters. The number of carbonyl (C=O) groups is 1. The molecule has 1 saturated carbocycles. The van der Waals surface area contributed by atoms with Gasteiger partial charge in [0, 0.05) is 6.04 Å². The molecule has 0 radical (unpaired) electrons. The molecule has 22 heavy (non-hydrogen) atoms. The topological polar surface area (TPSA) is 98.5 Å². The number of nitrogens with two attached hydrogens (primary N) is 1. The zero-order chi connectivity index (χ0) is 16.3. The first-order valence-corrected chi connectivity index (χ1v) is 8.78. The Bertz CT molecular complexity index is 658. The Hall–Kier alpha value is -1.44. The first kappa shape index (κ1) is 16.9. The van der Waals surface area contributed by atoms with Crippen LogP contribution in [0, 0.1) is 12.8 Å². The van der Waals surface area contributed by atoms with Crippen molar-refractivity contribution in [2.24, 2.45) is 11.7 Å². The van der Waals surface area contributed by atoms with Crippen molar-refractivity contribution >= 4 is 16.0 Å². The maximum absolute atomic E-state index is 12.6. The fourth-order valence-electron chi connectivity index (χ4n) is 2.87. The van der Waals surface area contributed by atoms with Gasteiger partial charge in [-0.2, -0.15) is 0 Å². The maximum atomic E-state index is 12.6. The highest BCUT2D eigenvalue weighted by Gasteiger charge is 2.31. The molecular formula is C15H22N2O4S. The van der Waals surface area contributed by atoms with Gasteiger partial charge in [0.2, 0.25) is 10.0 Å². The summed E-state index contributed by atoms with van der Waals surface area (Å²) in [6.45, 7) is 2.17. The number of rotatable bonds is 5. The van der Waals surface area contributed by atoms with Crippen LogP contribution in [0.3, 0.4) is 0 Å². The number of sulfonamides is 1. The standard InChI is InChI=1S/C15H22N2O4S/c1-10-6-7-11(15(18)21-2)8-14(10)22(19,20)17-13-5-3-4-12(13)9-16/h6-8,12-13,17H,3-5,9,16H2,1-2H3. The average molecular weight is 326 g/mol. The highest BCUT2D eigenvalue weighted by molar-refractivity contribution is 7.89. The molecule has 7 heteroatoms. The van der Waals surface area contributed by atoms with Crippen LogP contribution >= 0.6 is 0 Å². The first-order chi connectivity index (χ1) is 10.4. The molecule has 1 aromatic rings. The third-order valence-electron chi connectivity index (χ3n) is 4.17. The van der Waals surface area contributed by atoms with E-state index in [0.29, 0.717) is 12.1 Å². The summed E-state index contributed by atoms with van der Waals surface area (Å²) < 4.78 is 32.6. The summed E-state index contributed by atoms with van der Waals surface area (Å²) in [5.41, 5.74) is 6.50. The van der Waals surface area contributed by atoms with E-state index in [1.165, 1.54) is 13.2 Å². The summed E-state index contributed by atoms with van der Waals surface area (Å²) in [7, 11) is -2.43. The minimum Gasteiger partial charge on any atom is -0.465 e. The molecule has 3 N–H and O–H groups in total. The fraction of sp³-hybridized carbons (Fsp3) is 0.533. The molecule has 0 heterocycles. The Morgan fingerprint density at radius 3 is 2.77 bits per heavy atom. The lowest BCUT2D eigenvalue weighted by Crippen LogP contribution is -2.40. The quantitative estimate of drug-likeness (QED) is 0.792. The van der Waals surface area contributed by atoms with Crippen molar-refractivity contribution in [1.82, 2.24) is 4.72 Å². The van der Waals surface area contributed by atoms with Gasteiger partial charge in [-0.15, -0.1) is 0 Å². The number of esters is 1. The molecule has 122 valence electrons. The lowest BCUT2D eigenvalue weighted by Gasteiger charge is -2.20. The number of benzene rings is 1. The van der Waals surface area contributed by atoms with Crippen LogP contribution in [0.1, 0.15) is 35.2 Å². The van der Waals surface area contributed by atoms with Crippen LogP contribution in [0.2, 0.25) is 0 Å². The minimum absolute atomic E-state index is 0.109. The van der Waals surface area contributed by atoms with E-state index in [1.54, 1.807) is 19.1 Å². The van der Waals surface area contributed by atoms with Crippen molar-refractivity contribution in [3.8, 4) is 0 Å². The van der Waals surface area contributed by atoms with Gasteiger partial charge in [-0.05, 0) is 49.9 Å². The van der Waals surface area contributed by atoms with Gasteiger partial charge in [0.15, 0.2) is 0 Å². The monoisotopic (exact) mass is 326 g/mol. The summed E-state index contributed by atoms with van der Waals surface area (Å²) in [5.74, 6) is -0.393. The summed E-state index contributed by atoms with van der Waals surface area (Å²) in [5, 5.41) is 0. The molecule has 1 aromatic carbocycles. The van der Waals surface area contributed by atoms with E-state index in [2.05, 4.69) is 9.46 Å². The summed E-state index contributed by atoms with van der Waals surface area (Å²) in [6, 6.07) is 4.38. The van der Waals surface area contributed by atoms with Gasteiger partial charge in [-0.1, -0.05) is 12.5 Å². The van der Waals surface area contributed by atoms with Crippen molar-refractivity contribution in [3.63, 3.8) is 0 Å². The molecule has 1 fully saturated rings. The van der Waals surface area contributed by atoms with E-state index >= 15 is 0 Å². The number of nitrogens with one attached hydrogen (secondary N) is 1. The van der Waals surface area contributed by atoms with Crippen LogP contribution in [0.5, 0.6) is 0 Å². The summed E-state index contributed by atoms with van der Waals surface area (Å²) in [4.78, 5) is 11.7. The zero-order valence-electron chi connectivity index (χ0n) is 12.8. The van der Waals surface area contributed by atoms with E-state index in [9.17, 15) is 13.2 Å². The third kappa shape index (κ3) is 3.48. The maximum Gasteiger partial charge on any atom is 0.337 e. The van der Waals surface area contributed by atoms with Gasteiger partial charge in [-0.3, -0.25) is 0 Å². The van der Waals surface area contributed by atoms with Crippen molar-refractivity contribution in [2.45, 2.75) is 37.1 Å². The molecule has 0 amide bonds. The average Bonchev–Trinajstić information content (AvgIpc) is 2.93. The molecular weight excluding hydrogens is 304 g/mol.